The van der Waals surface area contributed by atoms with E-state index in [4.69, 9.17) is 5.84 Å². The van der Waals surface area contributed by atoms with E-state index in [0.717, 1.165) is 39.1 Å². The second-order valence-electron chi connectivity index (χ2n) is 4.43. The zero-order valence-electron chi connectivity index (χ0n) is 9.34. The third-order valence-corrected chi connectivity index (χ3v) is 3.40. The monoisotopic (exact) mass is 229 g/mol. The van der Waals surface area contributed by atoms with Crippen LogP contribution in [0, 0.1) is 10.1 Å². The Kier molecular flexibility index (Phi) is 3.70. The fourth-order valence-electron chi connectivity index (χ4n) is 2.60. The predicted molar refractivity (Wildman–Crippen MR) is 59.1 cm³/mol. The zero-order valence-corrected chi connectivity index (χ0v) is 9.34. The van der Waals surface area contributed by atoms with Crippen molar-refractivity contribution in [2.24, 2.45) is 5.84 Å². The summed E-state index contributed by atoms with van der Waals surface area (Å²) in [5, 5.41) is 15.9. The molecule has 2 unspecified atom stereocenters. The van der Waals surface area contributed by atoms with Gasteiger partial charge in [-0.1, -0.05) is 0 Å². The highest BCUT2D eigenvalue weighted by atomic mass is 16.6. The Hall–Kier alpha value is -0.760. The SMILES string of the molecule is NN1CCCC([N+](=O)[O-])C1N1CCNCC1. The van der Waals surface area contributed by atoms with Gasteiger partial charge in [-0.25, -0.2) is 5.01 Å². The first kappa shape index (κ1) is 11.7. The molecule has 0 aromatic heterocycles. The third-order valence-electron chi connectivity index (χ3n) is 3.40. The van der Waals surface area contributed by atoms with E-state index in [2.05, 4.69) is 10.2 Å². The summed E-state index contributed by atoms with van der Waals surface area (Å²) in [6.45, 7) is 4.19. The highest BCUT2D eigenvalue weighted by molar-refractivity contribution is 4.84. The molecule has 2 rings (SSSR count). The van der Waals surface area contributed by atoms with Gasteiger partial charge in [0.25, 0.3) is 0 Å². The van der Waals surface area contributed by atoms with E-state index in [9.17, 15) is 10.1 Å². The minimum absolute atomic E-state index is 0.175. The molecule has 0 aromatic carbocycles. The van der Waals surface area contributed by atoms with Crippen molar-refractivity contribution in [1.29, 1.82) is 0 Å². The van der Waals surface area contributed by atoms with Crippen LogP contribution in [0.5, 0.6) is 0 Å². The van der Waals surface area contributed by atoms with Crippen molar-refractivity contribution in [3.63, 3.8) is 0 Å². The molecule has 2 fully saturated rings. The topological polar surface area (TPSA) is 87.7 Å². The Balaban J connectivity index is 2.08. The summed E-state index contributed by atoms with van der Waals surface area (Å²) in [5.74, 6) is 5.90. The number of nitrogens with two attached hydrogens (primary N) is 1. The number of hydrogen-bond acceptors (Lipinski definition) is 6. The highest BCUT2D eigenvalue weighted by Gasteiger charge is 2.42. The van der Waals surface area contributed by atoms with Crippen LogP contribution in [0.2, 0.25) is 0 Å². The minimum atomic E-state index is -0.545. The van der Waals surface area contributed by atoms with Gasteiger partial charge in [-0.05, 0) is 6.42 Å². The van der Waals surface area contributed by atoms with Crippen LogP contribution in [0.15, 0.2) is 0 Å². The first-order valence-corrected chi connectivity index (χ1v) is 5.80. The molecule has 0 amide bonds. The Labute approximate surface area is 94.7 Å². The molecule has 0 bridgehead atoms. The maximum absolute atomic E-state index is 11.0. The Bertz CT molecular complexity index is 256. The number of nitro groups is 1. The fourth-order valence-corrected chi connectivity index (χ4v) is 2.60. The Morgan fingerprint density at radius 2 is 2.00 bits per heavy atom. The standard InChI is InChI=1S/C9H19N5O2/c10-13-5-1-2-8(14(15)16)9(13)12-6-3-11-4-7-12/h8-9,11H,1-7,10H2. The van der Waals surface area contributed by atoms with Gasteiger partial charge in [-0.2, -0.15) is 0 Å². The van der Waals surface area contributed by atoms with Crippen molar-refractivity contribution in [2.45, 2.75) is 25.0 Å². The number of hydrazine groups is 1. The summed E-state index contributed by atoms with van der Waals surface area (Å²) in [7, 11) is 0. The number of piperidine rings is 1. The fraction of sp³-hybridized carbons (Fsp3) is 1.00. The van der Waals surface area contributed by atoms with Crippen LogP contribution in [0.25, 0.3) is 0 Å². The summed E-state index contributed by atoms with van der Waals surface area (Å²) >= 11 is 0. The first-order chi connectivity index (χ1) is 7.70. The molecule has 2 atom stereocenters. The van der Waals surface area contributed by atoms with Gasteiger partial charge in [-0.15, -0.1) is 0 Å². The molecular formula is C9H19N5O2. The maximum Gasteiger partial charge on any atom is 0.242 e. The molecular weight excluding hydrogens is 210 g/mol. The van der Waals surface area contributed by atoms with E-state index in [1.807, 2.05) is 0 Å². The molecule has 0 aromatic rings. The van der Waals surface area contributed by atoms with Crippen LogP contribution in [0.4, 0.5) is 0 Å². The third kappa shape index (κ3) is 2.32. The average Bonchev–Trinajstić information content (AvgIpc) is 2.29. The molecule has 2 saturated heterocycles. The van der Waals surface area contributed by atoms with Gasteiger partial charge in [0, 0.05) is 44.1 Å². The van der Waals surface area contributed by atoms with E-state index < -0.39 is 6.04 Å². The smallest absolute Gasteiger partial charge is 0.242 e. The van der Waals surface area contributed by atoms with Crippen LogP contribution >= 0.6 is 0 Å². The van der Waals surface area contributed by atoms with Crippen LogP contribution in [0.3, 0.4) is 0 Å². The lowest BCUT2D eigenvalue weighted by atomic mass is 10.0. The second kappa shape index (κ2) is 5.05. The largest absolute Gasteiger partial charge is 0.314 e. The van der Waals surface area contributed by atoms with Gasteiger partial charge in [0.15, 0.2) is 0 Å². The molecule has 3 N–H and O–H groups in total. The lowest BCUT2D eigenvalue weighted by Crippen LogP contribution is -2.65. The van der Waals surface area contributed by atoms with Gasteiger partial charge in [0.05, 0.1) is 0 Å². The van der Waals surface area contributed by atoms with Gasteiger partial charge in [0.2, 0.25) is 6.04 Å². The van der Waals surface area contributed by atoms with E-state index in [0.29, 0.717) is 6.42 Å². The van der Waals surface area contributed by atoms with Gasteiger partial charge in [-0.3, -0.25) is 20.9 Å². The molecule has 0 saturated carbocycles. The van der Waals surface area contributed by atoms with Crippen molar-refractivity contribution >= 4 is 0 Å². The molecule has 0 aliphatic carbocycles. The predicted octanol–water partition coefficient (Wildman–Crippen LogP) is -1.17. The Morgan fingerprint density at radius 1 is 1.31 bits per heavy atom. The van der Waals surface area contributed by atoms with E-state index in [1.165, 1.54) is 0 Å². The minimum Gasteiger partial charge on any atom is -0.314 e. The van der Waals surface area contributed by atoms with Gasteiger partial charge < -0.3 is 5.32 Å². The van der Waals surface area contributed by atoms with Gasteiger partial charge in [0.1, 0.15) is 6.17 Å². The lowest BCUT2D eigenvalue weighted by Gasteiger charge is -2.42. The Morgan fingerprint density at radius 3 is 2.62 bits per heavy atom. The molecule has 2 heterocycles. The summed E-state index contributed by atoms with van der Waals surface area (Å²) in [5.41, 5.74) is 0. The molecule has 7 nitrogen and oxygen atoms in total. The maximum atomic E-state index is 11.0. The van der Waals surface area contributed by atoms with E-state index >= 15 is 0 Å². The molecule has 2 aliphatic heterocycles. The molecule has 0 spiro atoms. The average molecular weight is 229 g/mol. The zero-order chi connectivity index (χ0) is 11.5. The van der Waals surface area contributed by atoms with Crippen molar-refractivity contribution in [1.82, 2.24) is 15.2 Å². The first-order valence-electron chi connectivity index (χ1n) is 5.80. The van der Waals surface area contributed by atoms with Crippen molar-refractivity contribution in [3.05, 3.63) is 10.1 Å². The lowest BCUT2D eigenvalue weighted by molar-refractivity contribution is -0.540. The number of nitrogens with one attached hydrogen (secondary N) is 1. The highest BCUT2D eigenvalue weighted by Crippen LogP contribution is 2.20. The number of nitrogens with zero attached hydrogens (tertiary/aromatic N) is 3. The van der Waals surface area contributed by atoms with Crippen LogP contribution in [-0.4, -0.2) is 59.8 Å². The van der Waals surface area contributed by atoms with Crippen molar-refractivity contribution in [3.8, 4) is 0 Å². The molecule has 7 heteroatoms. The quantitative estimate of drug-likeness (QED) is 0.352. The molecule has 16 heavy (non-hydrogen) atoms. The summed E-state index contributed by atoms with van der Waals surface area (Å²) in [6, 6.07) is -0.545. The molecule has 92 valence electrons. The van der Waals surface area contributed by atoms with Crippen molar-refractivity contribution < 1.29 is 4.92 Å². The van der Waals surface area contributed by atoms with Crippen LogP contribution < -0.4 is 11.2 Å². The van der Waals surface area contributed by atoms with E-state index in [1.54, 1.807) is 5.01 Å². The van der Waals surface area contributed by atoms with Crippen LogP contribution in [-0.2, 0) is 0 Å². The van der Waals surface area contributed by atoms with Crippen LogP contribution in [0.1, 0.15) is 12.8 Å². The van der Waals surface area contributed by atoms with E-state index in [-0.39, 0.29) is 11.1 Å². The molecule has 2 aliphatic rings. The van der Waals surface area contributed by atoms with Gasteiger partial charge >= 0.3 is 0 Å². The normalized spacial score (nSPS) is 33.8. The second-order valence-corrected chi connectivity index (χ2v) is 4.43. The number of piperazine rings is 1. The number of rotatable bonds is 2. The number of hydrogen-bond donors (Lipinski definition) is 2. The summed E-state index contributed by atoms with van der Waals surface area (Å²) in [6.07, 6.45) is 1.21. The van der Waals surface area contributed by atoms with Crippen molar-refractivity contribution in [2.75, 3.05) is 32.7 Å². The summed E-state index contributed by atoms with van der Waals surface area (Å²) in [4.78, 5) is 13.0. The molecule has 0 radical (unpaired) electrons. The summed E-state index contributed by atoms with van der Waals surface area (Å²) < 4.78 is 0.